The van der Waals surface area contributed by atoms with Crippen LogP contribution in [-0.4, -0.2) is 56.7 Å². The predicted octanol–water partition coefficient (Wildman–Crippen LogP) is 1.16. The zero-order chi connectivity index (χ0) is 15.4. The molecule has 4 saturated heterocycles. The second kappa shape index (κ2) is 5.24. The molecule has 0 saturated carbocycles. The van der Waals surface area contributed by atoms with Crippen LogP contribution in [0, 0.1) is 11.3 Å². The number of hydrogen-bond donors (Lipinski definition) is 0. The number of hydrogen-bond acceptors (Lipinski definition) is 6. The van der Waals surface area contributed by atoms with Crippen LogP contribution in [0.5, 0.6) is 0 Å². The SMILES string of the molecule is CN1OC[C@]23[C@H](OCc4ccccc4)[C@@H]4OC[C@@H](O4)[C@@H]2CO[C@H]13. The van der Waals surface area contributed by atoms with Crippen molar-refractivity contribution >= 4 is 0 Å². The second-order valence-electron chi connectivity index (χ2n) is 6.82. The summed E-state index contributed by atoms with van der Waals surface area (Å²) in [5.74, 6) is 0.247. The van der Waals surface area contributed by atoms with Gasteiger partial charge in [-0.25, -0.2) is 0 Å². The first-order valence-electron chi connectivity index (χ1n) is 8.19. The van der Waals surface area contributed by atoms with Gasteiger partial charge in [0, 0.05) is 13.0 Å². The summed E-state index contributed by atoms with van der Waals surface area (Å²) in [5.41, 5.74) is 0.927. The molecular formula is C17H21NO5. The average Bonchev–Trinajstić information content (AvgIpc) is 3.24. The Morgan fingerprint density at radius 1 is 1.22 bits per heavy atom. The number of rotatable bonds is 3. The molecule has 1 aromatic carbocycles. The number of ether oxygens (including phenoxy) is 4. The minimum atomic E-state index is -0.334. The second-order valence-corrected chi connectivity index (χ2v) is 6.82. The van der Waals surface area contributed by atoms with Crippen LogP contribution >= 0.6 is 0 Å². The summed E-state index contributed by atoms with van der Waals surface area (Å²) in [6.07, 6.45) is -0.538. The van der Waals surface area contributed by atoms with Gasteiger partial charge in [-0.15, -0.1) is 0 Å². The van der Waals surface area contributed by atoms with E-state index >= 15 is 0 Å². The van der Waals surface area contributed by atoms with Gasteiger partial charge in [0.15, 0.2) is 6.29 Å². The average molecular weight is 319 g/mol. The number of nitrogens with zero attached hydrogens (tertiary/aromatic N) is 1. The molecule has 6 heteroatoms. The van der Waals surface area contributed by atoms with Gasteiger partial charge in [-0.2, -0.15) is 5.06 Å². The van der Waals surface area contributed by atoms with Gasteiger partial charge in [0.05, 0.1) is 37.9 Å². The Kier molecular flexibility index (Phi) is 3.27. The van der Waals surface area contributed by atoms with Crippen molar-refractivity contribution in [1.29, 1.82) is 0 Å². The van der Waals surface area contributed by atoms with E-state index < -0.39 is 0 Å². The maximum Gasteiger partial charge on any atom is 0.185 e. The number of fused-ring (bicyclic) bond motifs is 3. The van der Waals surface area contributed by atoms with E-state index in [1.807, 2.05) is 30.3 Å². The molecule has 23 heavy (non-hydrogen) atoms. The van der Waals surface area contributed by atoms with Gasteiger partial charge >= 0.3 is 0 Å². The highest BCUT2D eigenvalue weighted by molar-refractivity contribution is 5.15. The van der Waals surface area contributed by atoms with E-state index in [2.05, 4.69) is 12.1 Å². The molecule has 2 bridgehead atoms. The molecule has 1 spiro atoms. The van der Waals surface area contributed by atoms with Crippen molar-refractivity contribution in [2.45, 2.75) is 31.3 Å². The minimum absolute atomic E-state index is 0.0803. The lowest BCUT2D eigenvalue weighted by atomic mass is 9.69. The molecule has 0 aliphatic carbocycles. The molecule has 0 aromatic heterocycles. The quantitative estimate of drug-likeness (QED) is 0.833. The van der Waals surface area contributed by atoms with Gasteiger partial charge in [0.1, 0.15) is 12.3 Å². The van der Waals surface area contributed by atoms with Crippen molar-refractivity contribution in [3.05, 3.63) is 35.9 Å². The lowest BCUT2D eigenvalue weighted by Crippen LogP contribution is -2.59. The third kappa shape index (κ3) is 1.97. The van der Waals surface area contributed by atoms with E-state index in [9.17, 15) is 0 Å². The Hall–Kier alpha value is -1.02. The normalized spacial score (nSPS) is 45.2. The molecule has 4 fully saturated rings. The molecule has 0 N–H and O–H groups in total. The lowest BCUT2D eigenvalue weighted by molar-refractivity contribution is -0.244. The van der Waals surface area contributed by atoms with Crippen LogP contribution in [0.15, 0.2) is 30.3 Å². The highest BCUT2D eigenvalue weighted by Crippen LogP contribution is 2.56. The molecule has 0 radical (unpaired) electrons. The van der Waals surface area contributed by atoms with Crippen molar-refractivity contribution in [1.82, 2.24) is 5.06 Å². The summed E-state index contributed by atoms with van der Waals surface area (Å²) < 4.78 is 24.3. The fraction of sp³-hybridized carbons (Fsp3) is 0.647. The van der Waals surface area contributed by atoms with Crippen molar-refractivity contribution in [2.75, 3.05) is 26.9 Å². The van der Waals surface area contributed by atoms with Crippen LogP contribution in [0.25, 0.3) is 0 Å². The molecule has 5 rings (SSSR count). The predicted molar refractivity (Wildman–Crippen MR) is 79.0 cm³/mol. The van der Waals surface area contributed by atoms with Crippen LogP contribution < -0.4 is 0 Å². The summed E-state index contributed by atoms with van der Waals surface area (Å²) in [7, 11) is 1.92. The van der Waals surface area contributed by atoms with Gasteiger partial charge in [-0.3, -0.25) is 4.84 Å². The van der Waals surface area contributed by atoms with Crippen LogP contribution in [0.2, 0.25) is 0 Å². The van der Waals surface area contributed by atoms with E-state index in [4.69, 9.17) is 23.8 Å². The van der Waals surface area contributed by atoms with Gasteiger partial charge < -0.3 is 18.9 Å². The maximum atomic E-state index is 6.33. The van der Waals surface area contributed by atoms with Crippen molar-refractivity contribution in [2.24, 2.45) is 11.3 Å². The molecule has 4 heterocycles. The van der Waals surface area contributed by atoms with E-state index in [0.29, 0.717) is 26.4 Å². The third-order valence-electron chi connectivity index (χ3n) is 5.66. The molecule has 0 unspecified atom stereocenters. The maximum absolute atomic E-state index is 6.33. The van der Waals surface area contributed by atoms with E-state index in [1.165, 1.54) is 0 Å². The number of benzene rings is 1. The van der Waals surface area contributed by atoms with Gasteiger partial charge in [0.25, 0.3) is 0 Å². The van der Waals surface area contributed by atoms with E-state index in [0.717, 1.165) is 5.56 Å². The molecule has 124 valence electrons. The summed E-state index contributed by atoms with van der Waals surface area (Å²) in [6, 6.07) is 10.2. The molecular weight excluding hydrogens is 298 g/mol. The topological polar surface area (TPSA) is 49.4 Å². The molecule has 0 amide bonds. The zero-order valence-electron chi connectivity index (χ0n) is 13.1. The molecule has 4 aliphatic heterocycles. The summed E-state index contributed by atoms with van der Waals surface area (Å²) in [5, 5.41) is 1.82. The highest BCUT2D eigenvalue weighted by Gasteiger charge is 2.70. The Labute approximate surface area is 135 Å². The number of hydroxylamine groups is 2. The Balaban J connectivity index is 1.45. The first-order chi connectivity index (χ1) is 11.3. The van der Waals surface area contributed by atoms with Gasteiger partial charge in [0.2, 0.25) is 0 Å². The fourth-order valence-electron chi connectivity index (χ4n) is 4.54. The van der Waals surface area contributed by atoms with Crippen molar-refractivity contribution in [3.63, 3.8) is 0 Å². The summed E-state index contributed by atoms with van der Waals surface area (Å²) in [4.78, 5) is 5.80. The van der Waals surface area contributed by atoms with Gasteiger partial charge in [-0.05, 0) is 5.56 Å². The van der Waals surface area contributed by atoms with Crippen LogP contribution in [0.4, 0.5) is 0 Å². The first-order valence-corrected chi connectivity index (χ1v) is 8.19. The Bertz CT molecular complexity index is 584. The standard InChI is InChI=1S/C17H21NO5/c1-18-16-17(10-22-18)12(8-21-16)13-9-20-15(23-13)14(17)19-7-11-5-3-2-4-6-11/h2-6,12-16H,7-10H2,1H3/t12-,13+,14+,15+,16-,17+/m0/s1. The Morgan fingerprint density at radius 2 is 2.09 bits per heavy atom. The summed E-state index contributed by atoms with van der Waals surface area (Å²) >= 11 is 0. The van der Waals surface area contributed by atoms with Crippen LogP contribution in [0.3, 0.4) is 0 Å². The van der Waals surface area contributed by atoms with Crippen LogP contribution in [-0.2, 0) is 30.4 Å². The first kappa shape index (κ1) is 14.3. The lowest BCUT2D eigenvalue weighted by Gasteiger charge is -2.45. The van der Waals surface area contributed by atoms with E-state index in [1.54, 1.807) is 0 Å². The third-order valence-corrected chi connectivity index (χ3v) is 5.66. The fourth-order valence-corrected chi connectivity index (χ4v) is 4.54. The monoisotopic (exact) mass is 319 g/mol. The molecule has 6 nitrogen and oxygen atoms in total. The molecule has 6 atom stereocenters. The minimum Gasteiger partial charge on any atom is -0.367 e. The summed E-state index contributed by atoms with van der Waals surface area (Å²) in [6.45, 7) is 2.41. The van der Waals surface area contributed by atoms with Gasteiger partial charge in [-0.1, -0.05) is 30.3 Å². The van der Waals surface area contributed by atoms with Crippen molar-refractivity contribution < 1.29 is 23.8 Å². The Morgan fingerprint density at radius 3 is 2.96 bits per heavy atom. The van der Waals surface area contributed by atoms with Crippen LogP contribution in [0.1, 0.15) is 5.56 Å². The molecule has 1 aromatic rings. The zero-order valence-corrected chi connectivity index (χ0v) is 13.1. The highest BCUT2D eigenvalue weighted by atomic mass is 16.8. The van der Waals surface area contributed by atoms with E-state index in [-0.39, 0.29) is 36.1 Å². The van der Waals surface area contributed by atoms with Crippen molar-refractivity contribution in [3.8, 4) is 0 Å². The smallest absolute Gasteiger partial charge is 0.185 e. The molecule has 4 aliphatic rings. The largest absolute Gasteiger partial charge is 0.367 e.